The molecule has 0 amide bonds. The zero-order valence-electron chi connectivity index (χ0n) is 11.2. The number of rotatable bonds is 4. The van der Waals surface area contributed by atoms with Crippen molar-refractivity contribution in [2.75, 3.05) is 32.9 Å². The highest BCUT2D eigenvalue weighted by molar-refractivity contribution is 9.10. The molecular weight excluding hydrogens is 290 g/mol. The van der Waals surface area contributed by atoms with Gasteiger partial charge in [0, 0.05) is 29.3 Å². The van der Waals surface area contributed by atoms with Crippen LogP contribution in [0, 0.1) is 0 Å². The predicted molar refractivity (Wildman–Crippen MR) is 80.5 cm³/mol. The van der Waals surface area contributed by atoms with E-state index in [-0.39, 0.29) is 0 Å². The average molecular weight is 312 g/mol. The largest absolute Gasteiger partial charge is 0.399 e. The molecule has 1 aromatic carbocycles. The monoisotopic (exact) mass is 311 g/mol. The summed E-state index contributed by atoms with van der Waals surface area (Å²) >= 11 is 3.51. The second-order valence-electron chi connectivity index (χ2n) is 5.42. The lowest BCUT2D eigenvalue weighted by Gasteiger charge is -2.27. The van der Waals surface area contributed by atoms with Crippen LogP contribution in [0.15, 0.2) is 22.7 Å². The van der Waals surface area contributed by atoms with Gasteiger partial charge in [-0.2, -0.15) is 0 Å². The molecule has 100 valence electrons. The first-order chi connectivity index (χ1) is 8.54. The lowest BCUT2D eigenvalue weighted by Crippen LogP contribution is -2.37. The Bertz CT molecular complexity index is 386. The number of hydrogen-bond donors (Lipinski definition) is 1. The number of likely N-dealkylation sites (tertiary alicyclic amines) is 1. The van der Waals surface area contributed by atoms with E-state index in [1.165, 1.54) is 24.9 Å². The van der Waals surface area contributed by atoms with Gasteiger partial charge in [-0.25, -0.2) is 0 Å². The minimum absolute atomic E-state index is 0.681. The summed E-state index contributed by atoms with van der Waals surface area (Å²) in [4.78, 5) is 4.85. The maximum Gasteiger partial charge on any atom is 0.0328 e. The van der Waals surface area contributed by atoms with Gasteiger partial charge in [0.05, 0.1) is 0 Å². The van der Waals surface area contributed by atoms with Crippen molar-refractivity contribution in [3.8, 4) is 0 Å². The average Bonchev–Trinajstić information content (AvgIpc) is 2.63. The molecule has 1 atom stereocenters. The number of nitrogen functional groups attached to an aromatic ring is 1. The third kappa shape index (κ3) is 3.70. The third-order valence-corrected chi connectivity index (χ3v) is 3.90. The van der Waals surface area contributed by atoms with Gasteiger partial charge in [0.2, 0.25) is 0 Å². The molecule has 1 unspecified atom stereocenters. The summed E-state index contributed by atoms with van der Waals surface area (Å²) < 4.78 is 1.07. The molecule has 1 saturated heterocycles. The number of halogens is 1. The molecule has 18 heavy (non-hydrogen) atoms. The molecule has 1 fully saturated rings. The van der Waals surface area contributed by atoms with E-state index in [2.05, 4.69) is 52.0 Å². The first kappa shape index (κ1) is 13.8. The Hall–Kier alpha value is -0.580. The van der Waals surface area contributed by atoms with Crippen LogP contribution in [0.4, 0.5) is 5.69 Å². The van der Waals surface area contributed by atoms with Crippen molar-refractivity contribution in [2.45, 2.75) is 25.4 Å². The highest BCUT2D eigenvalue weighted by Gasteiger charge is 2.24. The van der Waals surface area contributed by atoms with Gasteiger partial charge in [0.1, 0.15) is 0 Å². The molecule has 0 radical (unpaired) electrons. The molecule has 0 saturated carbocycles. The lowest BCUT2D eigenvalue weighted by molar-refractivity contribution is 0.201. The van der Waals surface area contributed by atoms with Crippen LogP contribution >= 0.6 is 15.9 Å². The van der Waals surface area contributed by atoms with Crippen molar-refractivity contribution in [3.05, 3.63) is 28.2 Å². The molecule has 2 N–H and O–H groups in total. The van der Waals surface area contributed by atoms with Gasteiger partial charge in [-0.1, -0.05) is 15.9 Å². The summed E-state index contributed by atoms with van der Waals surface area (Å²) in [6.07, 6.45) is 2.61. The molecule has 1 aliphatic rings. The maximum absolute atomic E-state index is 5.89. The van der Waals surface area contributed by atoms with Crippen LogP contribution in [0.1, 0.15) is 18.4 Å². The Kier molecular flexibility index (Phi) is 4.65. The molecule has 0 spiro atoms. The van der Waals surface area contributed by atoms with E-state index >= 15 is 0 Å². The number of anilines is 1. The minimum Gasteiger partial charge on any atom is -0.399 e. The zero-order valence-corrected chi connectivity index (χ0v) is 12.8. The minimum atomic E-state index is 0.681. The summed E-state index contributed by atoms with van der Waals surface area (Å²) in [7, 11) is 4.29. The van der Waals surface area contributed by atoms with Crippen LogP contribution in [0.2, 0.25) is 0 Å². The smallest absolute Gasteiger partial charge is 0.0328 e. The van der Waals surface area contributed by atoms with Crippen molar-refractivity contribution >= 4 is 21.6 Å². The van der Waals surface area contributed by atoms with E-state index in [1.54, 1.807) is 0 Å². The summed E-state index contributed by atoms with van der Waals surface area (Å²) in [5.41, 5.74) is 8.03. The van der Waals surface area contributed by atoms with Crippen LogP contribution in [0.25, 0.3) is 0 Å². The Morgan fingerprint density at radius 2 is 2.17 bits per heavy atom. The van der Waals surface area contributed by atoms with Crippen molar-refractivity contribution in [3.63, 3.8) is 0 Å². The topological polar surface area (TPSA) is 32.5 Å². The number of hydrogen-bond acceptors (Lipinski definition) is 3. The molecular formula is C14H22BrN3. The fourth-order valence-corrected chi connectivity index (χ4v) is 3.29. The molecule has 1 aromatic rings. The van der Waals surface area contributed by atoms with Crippen molar-refractivity contribution in [1.82, 2.24) is 9.80 Å². The maximum atomic E-state index is 5.89. The highest BCUT2D eigenvalue weighted by Crippen LogP contribution is 2.23. The first-order valence-corrected chi connectivity index (χ1v) is 7.27. The molecule has 0 aliphatic carbocycles. The number of nitrogens with two attached hydrogens (primary N) is 1. The quantitative estimate of drug-likeness (QED) is 0.867. The van der Waals surface area contributed by atoms with Crippen LogP contribution in [0.3, 0.4) is 0 Å². The molecule has 0 bridgehead atoms. The van der Waals surface area contributed by atoms with Gasteiger partial charge < -0.3 is 10.6 Å². The Morgan fingerprint density at radius 3 is 2.83 bits per heavy atom. The van der Waals surface area contributed by atoms with Crippen LogP contribution in [0.5, 0.6) is 0 Å². The predicted octanol–water partition coefficient (Wildman–Crippen LogP) is 2.56. The van der Waals surface area contributed by atoms with Crippen LogP contribution < -0.4 is 5.73 Å². The molecule has 3 nitrogen and oxygen atoms in total. The second kappa shape index (κ2) is 6.04. The Morgan fingerprint density at radius 1 is 1.39 bits per heavy atom. The fourth-order valence-electron chi connectivity index (χ4n) is 2.73. The van der Waals surface area contributed by atoms with Crippen LogP contribution in [-0.2, 0) is 6.54 Å². The number of benzene rings is 1. The van der Waals surface area contributed by atoms with Gasteiger partial charge in [0.15, 0.2) is 0 Å². The van der Waals surface area contributed by atoms with Gasteiger partial charge >= 0.3 is 0 Å². The zero-order chi connectivity index (χ0) is 13.1. The van der Waals surface area contributed by atoms with Crippen molar-refractivity contribution in [2.24, 2.45) is 0 Å². The lowest BCUT2D eigenvalue weighted by atomic mass is 10.1. The standard InChI is InChI=1S/C14H22BrN3/c1-17(2)10-14-4-3-5-18(14)9-11-6-12(15)8-13(16)7-11/h6-8,14H,3-5,9-10,16H2,1-2H3. The normalized spacial score (nSPS) is 20.8. The SMILES string of the molecule is CN(C)CC1CCCN1Cc1cc(N)cc(Br)c1. The van der Waals surface area contributed by atoms with E-state index in [4.69, 9.17) is 5.73 Å². The summed E-state index contributed by atoms with van der Waals surface area (Å²) in [6.45, 7) is 3.34. The van der Waals surface area contributed by atoms with E-state index in [0.717, 1.165) is 23.2 Å². The highest BCUT2D eigenvalue weighted by atomic mass is 79.9. The Balaban J connectivity index is 2.03. The molecule has 1 heterocycles. The van der Waals surface area contributed by atoms with Gasteiger partial charge in [-0.15, -0.1) is 0 Å². The fraction of sp³-hybridized carbons (Fsp3) is 0.571. The Labute approximate surface area is 118 Å². The van der Waals surface area contributed by atoms with Gasteiger partial charge in [0.25, 0.3) is 0 Å². The van der Waals surface area contributed by atoms with Crippen molar-refractivity contribution < 1.29 is 0 Å². The molecule has 0 aromatic heterocycles. The second-order valence-corrected chi connectivity index (χ2v) is 6.34. The van der Waals surface area contributed by atoms with E-state index in [9.17, 15) is 0 Å². The van der Waals surface area contributed by atoms with E-state index < -0.39 is 0 Å². The first-order valence-electron chi connectivity index (χ1n) is 6.48. The molecule has 2 rings (SSSR count). The summed E-state index contributed by atoms with van der Waals surface area (Å²) in [5.74, 6) is 0. The molecule has 1 aliphatic heterocycles. The number of nitrogens with zero attached hydrogens (tertiary/aromatic N) is 2. The molecule has 4 heteroatoms. The van der Waals surface area contributed by atoms with E-state index in [1.807, 2.05) is 6.07 Å². The third-order valence-electron chi connectivity index (χ3n) is 3.44. The summed E-state index contributed by atoms with van der Waals surface area (Å²) in [5, 5.41) is 0. The van der Waals surface area contributed by atoms with Gasteiger partial charge in [-0.3, -0.25) is 4.90 Å². The van der Waals surface area contributed by atoms with E-state index in [0.29, 0.717) is 6.04 Å². The number of likely N-dealkylation sites (N-methyl/N-ethyl adjacent to an activating group) is 1. The van der Waals surface area contributed by atoms with Crippen molar-refractivity contribution in [1.29, 1.82) is 0 Å². The van der Waals surface area contributed by atoms with Gasteiger partial charge in [-0.05, 0) is 57.2 Å². The summed E-state index contributed by atoms with van der Waals surface area (Å²) in [6, 6.07) is 6.88. The van der Waals surface area contributed by atoms with Crippen LogP contribution in [-0.4, -0.2) is 43.0 Å².